The molecule has 0 amide bonds. The minimum atomic E-state index is -0.0700. The third-order valence-electron chi connectivity index (χ3n) is 2.08. The molecule has 0 aromatic rings. The summed E-state index contributed by atoms with van der Waals surface area (Å²) in [6.07, 6.45) is 3.28. The van der Waals surface area contributed by atoms with Gasteiger partial charge in [0.05, 0.1) is 13.0 Å². The Labute approximate surface area is 79.3 Å². The average Bonchev–Trinajstić information content (AvgIpc) is 2.30. The van der Waals surface area contributed by atoms with Gasteiger partial charge in [0.2, 0.25) is 0 Å². The molecule has 1 fully saturated rings. The van der Waals surface area contributed by atoms with Gasteiger partial charge in [-0.05, 0) is 19.4 Å². The second-order valence-electron chi connectivity index (χ2n) is 2.92. The zero-order valence-corrected chi connectivity index (χ0v) is 8.15. The van der Waals surface area contributed by atoms with E-state index in [9.17, 15) is 4.79 Å². The van der Waals surface area contributed by atoms with Crippen LogP contribution in [0.5, 0.6) is 0 Å². The number of ether oxygens (including phenoxy) is 1. The lowest BCUT2D eigenvalue weighted by Gasteiger charge is -2.10. The van der Waals surface area contributed by atoms with E-state index in [1.165, 1.54) is 13.5 Å². The molecule has 3 nitrogen and oxygen atoms in total. The number of hydrogen-bond donors (Lipinski definition) is 1. The van der Waals surface area contributed by atoms with E-state index < -0.39 is 0 Å². The fraction of sp³-hybridized carbons (Fsp3) is 0.875. The van der Waals surface area contributed by atoms with Crippen LogP contribution < -0.4 is 5.32 Å². The van der Waals surface area contributed by atoms with Crippen molar-refractivity contribution in [1.29, 1.82) is 0 Å². The summed E-state index contributed by atoms with van der Waals surface area (Å²) < 4.78 is 4.67. The Bertz CT molecular complexity index is 133. The van der Waals surface area contributed by atoms with Crippen LogP contribution in [0.15, 0.2) is 0 Å². The first-order valence-corrected chi connectivity index (χ1v) is 4.13. The maximum absolute atomic E-state index is 11.1. The highest BCUT2D eigenvalue weighted by molar-refractivity contribution is 5.85. The number of carbonyl (C=O) groups excluding carboxylic acids is 1. The fourth-order valence-corrected chi connectivity index (χ4v) is 1.39. The molecular formula is C8H16ClNO2. The molecule has 1 rings (SSSR count). The standard InChI is InChI=1S/C8H15NO2.ClH/c1-11-8(10)7-4-2-3-5-9-6-7;/h7,9H,2-6H2,1H3;1H. The topological polar surface area (TPSA) is 38.3 Å². The summed E-state index contributed by atoms with van der Waals surface area (Å²) in [6, 6.07) is 0. The average molecular weight is 194 g/mol. The lowest BCUT2D eigenvalue weighted by molar-refractivity contribution is -0.145. The molecule has 12 heavy (non-hydrogen) atoms. The van der Waals surface area contributed by atoms with Crippen molar-refractivity contribution in [1.82, 2.24) is 5.32 Å². The number of carbonyl (C=O) groups is 1. The van der Waals surface area contributed by atoms with Crippen LogP contribution in [0.4, 0.5) is 0 Å². The predicted octanol–water partition coefficient (Wildman–Crippen LogP) is 0.971. The van der Waals surface area contributed by atoms with Gasteiger partial charge in [-0.3, -0.25) is 4.79 Å². The van der Waals surface area contributed by atoms with Crippen LogP contribution in [0.25, 0.3) is 0 Å². The van der Waals surface area contributed by atoms with Gasteiger partial charge in [0.1, 0.15) is 0 Å². The van der Waals surface area contributed by atoms with E-state index in [1.807, 2.05) is 0 Å². The van der Waals surface area contributed by atoms with Crippen molar-refractivity contribution >= 4 is 18.4 Å². The van der Waals surface area contributed by atoms with E-state index >= 15 is 0 Å². The second-order valence-corrected chi connectivity index (χ2v) is 2.92. The SMILES string of the molecule is COC(=O)C1CCCCNC1.Cl. The molecule has 1 N–H and O–H groups in total. The Morgan fingerprint density at radius 2 is 2.25 bits per heavy atom. The van der Waals surface area contributed by atoms with Crippen LogP contribution in [0.1, 0.15) is 19.3 Å². The first-order chi connectivity index (χ1) is 5.34. The smallest absolute Gasteiger partial charge is 0.309 e. The zero-order chi connectivity index (χ0) is 8.10. The van der Waals surface area contributed by atoms with E-state index in [4.69, 9.17) is 0 Å². The maximum atomic E-state index is 11.1. The molecule has 0 aromatic carbocycles. The van der Waals surface area contributed by atoms with Gasteiger partial charge in [0, 0.05) is 6.54 Å². The molecule has 1 saturated heterocycles. The van der Waals surface area contributed by atoms with Crippen molar-refractivity contribution in [2.45, 2.75) is 19.3 Å². The van der Waals surface area contributed by atoms with Crippen molar-refractivity contribution in [2.24, 2.45) is 5.92 Å². The molecule has 0 aromatic heterocycles. The molecule has 1 unspecified atom stereocenters. The number of hydrogen-bond acceptors (Lipinski definition) is 3. The van der Waals surface area contributed by atoms with Crippen molar-refractivity contribution in [2.75, 3.05) is 20.2 Å². The van der Waals surface area contributed by atoms with Crippen LogP contribution in [0, 0.1) is 5.92 Å². The molecule has 72 valence electrons. The summed E-state index contributed by atoms with van der Waals surface area (Å²) in [6.45, 7) is 1.82. The van der Waals surface area contributed by atoms with Gasteiger partial charge in [-0.25, -0.2) is 0 Å². The molecule has 0 spiro atoms. The van der Waals surface area contributed by atoms with E-state index in [1.54, 1.807) is 0 Å². The van der Waals surface area contributed by atoms with Crippen molar-refractivity contribution in [3.63, 3.8) is 0 Å². The van der Waals surface area contributed by atoms with Gasteiger partial charge < -0.3 is 10.1 Å². The van der Waals surface area contributed by atoms with Crippen molar-refractivity contribution in [3.05, 3.63) is 0 Å². The monoisotopic (exact) mass is 193 g/mol. The summed E-state index contributed by atoms with van der Waals surface area (Å²) in [5, 5.41) is 3.21. The third kappa shape index (κ3) is 3.41. The Hall–Kier alpha value is -0.280. The maximum Gasteiger partial charge on any atom is 0.309 e. The van der Waals surface area contributed by atoms with Crippen molar-refractivity contribution in [3.8, 4) is 0 Å². The minimum absolute atomic E-state index is 0. The van der Waals surface area contributed by atoms with Crippen LogP contribution in [-0.2, 0) is 9.53 Å². The molecular weight excluding hydrogens is 178 g/mol. The van der Waals surface area contributed by atoms with Crippen LogP contribution in [-0.4, -0.2) is 26.2 Å². The van der Waals surface area contributed by atoms with Gasteiger partial charge in [-0.2, -0.15) is 0 Å². The van der Waals surface area contributed by atoms with E-state index in [-0.39, 0.29) is 24.3 Å². The largest absolute Gasteiger partial charge is 0.469 e. The first kappa shape index (κ1) is 11.7. The predicted molar refractivity (Wildman–Crippen MR) is 49.5 cm³/mol. The Morgan fingerprint density at radius 3 is 2.92 bits per heavy atom. The van der Waals surface area contributed by atoms with Gasteiger partial charge in [0.15, 0.2) is 0 Å². The number of nitrogens with one attached hydrogen (secondary N) is 1. The normalized spacial score (nSPS) is 23.6. The van der Waals surface area contributed by atoms with Gasteiger partial charge in [-0.15, -0.1) is 12.4 Å². The highest BCUT2D eigenvalue weighted by atomic mass is 35.5. The minimum Gasteiger partial charge on any atom is -0.469 e. The summed E-state index contributed by atoms with van der Waals surface area (Å²) in [5.41, 5.74) is 0. The van der Waals surface area contributed by atoms with Gasteiger partial charge in [0.25, 0.3) is 0 Å². The molecule has 0 saturated carbocycles. The number of rotatable bonds is 1. The van der Waals surface area contributed by atoms with E-state index in [0.717, 1.165) is 25.9 Å². The molecule has 0 aliphatic carbocycles. The van der Waals surface area contributed by atoms with Crippen LogP contribution in [0.3, 0.4) is 0 Å². The highest BCUT2D eigenvalue weighted by Crippen LogP contribution is 2.11. The number of esters is 1. The van der Waals surface area contributed by atoms with E-state index in [2.05, 4.69) is 10.1 Å². The summed E-state index contributed by atoms with van der Waals surface area (Å²) in [5.74, 6) is 0.0156. The van der Waals surface area contributed by atoms with Crippen molar-refractivity contribution < 1.29 is 9.53 Å². The zero-order valence-electron chi connectivity index (χ0n) is 7.34. The van der Waals surface area contributed by atoms with Gasteiger partial charge in [-0.1, -0.05) is 6.42 Å². The van der Waals surface area contributed by atoms with Gasteiger partial charge >= 0.3 is 5.97 Å². The lowest BCUT2D eigenvalue weighted by Crippen LogP contribution is -2.27. The number of methoxy groups -OCH3 is 1. The fourth-order valence-electron chi connectivity index (χ4n) is 1.39. The molecule has 0 bridgehead atoms. The Balaban J connectivity index is 0.00000121. The molecule has 1 aliphatic heterocycles. The van der Waals surface area contributed by atoms with Crippen LogP contribution >= 0.6 is 12.4 Å². The Kier molecular flexibility index (Phi) is 6.11. The Morgan fingerprint density at radius 1 is 1.50 bits per heavy atom. The quantitative estimate of drug-likeness (QED) is 0.631. The lowest BCUT2D eigenvalue weighted by atomic mass is 10.0. The molecule has 1 aliphatic rings. The molecule has 1 atom stereocenters. The highest BCUT2D eigenvalue weighted by Gasteiger charge is 2.19. The first-order valence-electron chi connectivity index (χ1n) is 4.13. The van der Waals surface area contributed by atoms with E-state index in [0.29, 0.717) is 0 Å². The summed E-state index contributed by atoms with van der Waals surface area (Å²) >= 11 is 0. The summed E-state index contributed by atoms with van der Waals surface area (Å²) in [7, 11) is 1.45. The molecule has 0 radical (unpaired) electrons. The van der Waals surface area contributed by atoms with Crippen LogP contribution in [0.2, 0.25) is 0 Å². The molecule has 4 heteroatoms. The summed E-state index contributed by atoms with van der Waals surface area (Å²) in [4.78, 5) is 11.1. The molecule has 1 heterocycles. The number of halogens is 1. The second kappa shape index (κ2) is 6.26. The third-order valence-corrected chi connectivity index (χ3v) is 2.08.